The summed E-state index contributed by atoms with van der Waals surface area (Å²) < 4.78 is 0. The molecule has 1 N–H and O–H groups in total. The number of aliphatic hydroxyl groups excluding tert-OH is 1. The van der Waals surface area contributed by atoms with Gasteiger partial charge in [-0.05, 0) is 45.2 Å². The van der Waals surface area contributed by atoms with Crippen molar-refractivity contribution in [3.05, 3.63) is 35.9 Å². The van der Waals surface area contributed by atoms with Gasteiger partial charge in [-0.3, -0.25) is 4.90 Å². The lowest BCUT2D eigenvalue weighted by Crippen LogP contribution is -2.56. The van der Waals surface area contributed by atoms with Gasteiger partial charge in [0.05, 0.1) is 6.10 Å². The van der Waals surface area contributed by atoms with Crippen LogP contribution in [0.25, 0.3) is 0 Å². The first kappa shape index (κ1) is 12.6. The third-order valence-corrected chi connectivity index (χ3v) is 4.05. The van der Waals surface area contributed by atoms with Crippen LogP contribution < -0.4 is 0 Å². The van der Waals surface area contributed by atoms with Crippen LogP contribution in [0.3, 0.4) is 0 Å². The van der Waals surface area contributed by atoms with E-state index in [0.717, 1.165) is 32.4 Å². The van der Waals surface area contributed by atoms with Gasteiger partial charge in [0, 0.05) is 12.1 Å². The molecular formula is C15H23NO. The zero-order valence-electron chi connectivity index (χ0n) is 10.9. The van der Waals surface area contributed by atoms with Crippen LogP contribution in [0, 0.1) is 0 Å². The van der Waals surface area contributed by atoms with Crippen molar-refractivity contribution >= 4 is 0 Å². The van der Waals surface area contributed by atoms with Gasteiger partial charge in [-0.2, -0.15) is 0 Å². The first-order valence-electron chi connectivity index (χ1n) is 6.58. The molecule has 2 nitrogen and oxygen atoms in total. The maximum absolute atomic E-state index is 10.1. The number of piperidine rings is 1. The lowest BCUT2D eigenvalue weighted by Gasteiger charge is -2.46. The number of rotatable bonds is 3. The smallest absolute Gasteiger partial charge is 0.0718 e. The number of nitrogens with zero attached hydrogens (tertiary/aromatic N) is 1. The molecule has 17 heavy (non-hydrogen) atoms. The van der Waals surface area contributed by atoms with Gasteiger partial charge >= 0.3 is 0 Å². The Morgan fingerprint density at radius 3 is 2.71 bits per heavy atom. The highest BCUT2D eigenvalue weighted by Crippen LogP contribution is 2.27. The first-order valence-corrected chi connectivity index (χ1v) is 6.58. The minimum absolute atomic E-state index is 0.0764. The van der Waals surface area contributed by atoms with Crippen LogP contribution in [0.4, 0.5) is 0 Å². The van der Waals surface area contributed by atoms with Crippen LogP contribution in [-0.2, 0) is 6.42 Å². The van der Waals surface area contributed by atoms with Crippen molar-refractivity contribution in [2.75, 3.05) is 13.1 Å². The second kappa shape index (κ2) is 5.19. The van der Waals surface area contributed by atoms with Crippen LogP contribution in [0.1, 0.15) is 32.3 Å². The Morgan fingerprint density at radius 1 is 1.29 bits per heavy atom. The molecule has 1 aromatic rings. The molecule has 1 saturated heterocycles. The average molecular weight is 233 g/mol. The van der Waals surface area contributed by atoms with E-state index < -0.39 is 0 Å². The van der Waals surface area contributed by atoms with E-state index in [-0.39, 0.29) is 11.6 Å². The van der Waals surface area contributed by atoms with Crippen LogP contribution in [0.2, 0.25) is 0 Å². The number of likely N-dealkylation sites (tertiary alicyclic amines) is 1. The quantitative estimate of drug-likeness (QED) is 0.867. The second-order valence-corrected chi connectivity index (χ2v) is 5.53. The average Bonchev–Trinajstić information content (AvgIpc) is 2.32. The summed E-state index contributed by atoms with van der Waals surface area (Å²) in [4.78, 5) is 2.42. The van der Waals surface area contributed by atoms with Gasteiger partial charge < -0.3 is 5.11 Å². The fraction of sp³-hybridized carbons (Fsp3) is 0.600. The fourth-order valence-electron chi connectivity index (χ4n) is 2.64. The van der Waals surface area contributed by atoms with E-state index >= 15 is 0 Å². The maximum atomic E-state index is 10.1. The van der Waals surface area contributed by atoms with Crippen molar-refractivity contribution in [3.63, 3.8) is 0 Å². The standard InChI is InChI=1S/C15H23NO/c1-15(2)14(17)9-6-11-16(15)12-10-13-7-4-3-5-8-13/h3-5,7-8,14,17H,6,9-12H2,1-2H3. The van der Waals surface area contributed by atoms with Crippen LogP contribution in [0.5, 0.6) is 0 Å². The van der Waals surface area contributed by atoms with Crippen LogP contribution >= 0.6 is 0 Å². The van der Waals surface area contributed by atoms with E-state index in [0.29, 0.717) is 0 Å². The molecule has 0 amide bonds. The molecule has 2 rings (SSSR count). The van der Waals surface area contributed by atoms with E-state index in [1.807, 2.05) is 0 Å². The summed E-state index contributed by atoms with van der Waals surface area (Å²) in [5.41, 5.74) is 1.30. The molecule has 1 unspecified atom stereocenters. The topological polar surface area (TPSA) is 23.5 Å². The third-order valence-electron chi connectivity index (χ3n) is 4.05. The van der Waals surface area contributed by atoms with Gasteiger partial charge in [0.25, 0.3) is 0 Å². The molecule has 0 saturated carbocycles. The van der Waals surface area contributed by atoms with Gasteiger partial charge in [0.2, 0.25) is 0 Å². The van der Waals surface area contributed by atoms with Gasteiger partial charge in [0.15, 0.2) is 0 Å². The number of hydrogen-bond acceptors (Lipinski definition) is 2. The summed E-state index contributed by atoms with van der Waals surface area (Å²) in [5, 5.41) is 10.1. The molecule has 1 aromatic carbocycles. The summed E-state index contributed by atoms with van der Waals surface area (Å²) in [6.07, 6.45) is 2.93. The van der Waals surface area contributed by atoms with Crippen molar-refractivity contribution in [2.45, 2.75) is 44.8 Å². The minimum Gasteiger partial charge on any atom is -0.391 e. The van der Waals surface area contributed by atoms with Crippen LogP contribution in [0.15, 0.2) is 30.3 Å². The van der Waals surface area contributed by atoms with Gasteiger partial charge in [-0.25, -0.2) is 0 Å². The molecular weight excluding hydrogens is 210 g/mol. The lowest BCUT2D eigenvalue weighted by molar-refractivity contribution is -0.0429. The predicted octanol–water partition coefficient (Wildman–Crippen LogP) is 2.46. The molecule has 1 aliphatic rings. The normalized spacial score (nSPS) is 24.8. The van der Waals surface area contributed by atoms with Crippen molar-refractivity contribution in [2.24, 2.45) is 0 Å². The number of hydrogen-bond donors (Lipinski definition) is 1. The molecule has 1 atom stereocenters. The molecule has 0 bridgehead atoms. The highest BCUT2D eigenvalue weighted by atomic mass is 16.3. The predicted molar refractivity (Wildman–Crippen MR) is 71.0 cm³/mol. The van der Waals surface area contributed by atoms with E-state index in [1.165, 1.54) is 5.56 Å². The highest BCUT2D eigenvalue weighted by Gasteiger charge is 2.36. The SMILES string of the molecule is CC1(C)C(O)CCCN1CCc1ccccc1. The Bertz CT molecular complexity index is 347. The summed E-state index contributed by atoms with van der Waals surface area (Å²) in [6.45, 7) is 6.45. The molecule has 0 radical (unpaired) electrons. The largest absolute Gasteiger partial charge is 0.391 e. The van der Waals surface area contributed by atoms with Crippen molar-refractivity contribution in [1.29, 1.82) is 0 Å². The zero-order valence-corrected chi connectivity index (χ0v) is 10.9. The summed E-state index contributed by atoms with van der Waals surface area (Å²) in [7, 11) is 0. The van der Waals surface area contributed by atoms with E-state index in [2.05, 4.69) is 49.1 Å². The Hall–Kier alpha value is -0.860. The van der Waals surface area contributed by atoms with Gasteiger partial charge in [-0.1, -0.05) is 30.3 Å². The Morgan fingerprint density at radius 2 is 2.00 bits per heavy atom. The molecule has 94 valence electrons. The van der Waals surface area contributed by atoms with Gasteiger partial charge in [-0.15, -0.1) is 0 Å². The van der Waals surface area contributed by atoms with E-state index in [4.69, 9.17) is 0 Å². The summed E-state index contributed by atoms with van der Waals surface area (Å²) >= 11 is 0. The number of aliphatic hydroxyl groups is 1. The first-order chi connectivity index (χ1) is 8.10. The molecule has 1 aliphatic heterocycles. The molecule has 2 heteroatoms. The second-order valence-electron chi connectivity index (χ2n) is 5.53. The Labute approximate surface area is 104 Å². The molecule has 0 aromatic heterocycles. The number of benzene rings is 1. The third kappa shape index (κ3) is 2.88. The summed E-state index contributed by atoms with van der Waals surface area (Å²) in [6, 6.07) is 10.6. The minimum atomic E-state index is -0.188. The van der Waals surface area contributed by atoms with Crippen molar-refractivity contribution in [3.8, 4) is 0 Å². The highest BCUT2D eigenvalue weighted by molar-refractivity contribution is 5.15. The zero-order chi connectivity index (χ0) is 12.3. The van der Waals surface area contributed by atoms with Crippen molar-refractivity contribution in [1.82, 2.24) is 4.90 Å². The molecule has 1 heterocycles. The van der Waals surface area contributed by atoms with Crippen molar-refractivity contribution < 1.29 is 5.11 Å². The Balaban J connectivity index is 1.94. The fourth-order valence-corrected chi connectivity index (χ4v) is 2.64. The van der Waals surface area contributed by atoms with Gasteiger partial charge in [0.1, 0.15) is 0 Å². The molecule has 1 fully saturated rings. The molecule has 0 spiro atoms. The molecule has 0 aliphatic carbocycles. The van der Waals surface area contributed by atoms with E-state index in [1.54, 1.807) is 0 Å². The maximum Gasteiger partial charge on any atom is 0.0718 e. The monoisotopic (exact) mass is 233 g/mol. The Kier molecular flexibility index (Phi) is 3.85. The van der Waals surface area contributed by atoms with Crippen LogP contribution in [-0.4, -0.2) is 34.7 Å². The summed E-state index contributed by atoms with van der Waals surface area (Å²) in [5.74, 6) is 0. The lowest BCUT2D eigenvalue weighted by atomic mass is 9.87. The van der Waals surface area contributed by atoms with E-state index in [9.17, 15) is 5.11 Å².